The first kappa shape index (κ1) is 16.8. The monoisotopic (exact) mass is 293 g/mol. The summed E-state index contributed by atoms with van der Waals surface area (Å²) in [6, 6.07) is -0.549. The maximum atomic E-state index is 12.4. The van der Waals surface area contributed by atoms with Crippen LogP contribution in [0.5, 0.6) is 0 Å². The van der Waals surface area contributed by atoms with Gasteiger partial charge in [0.2, 0.25) is 0 Å². The molecule has 1 saturated heterocycles. The number of carbonyl (C=O) groups is 1. The van der Waals surface area contributed by atoms with Crippen LogP contribution in [0.3, 0.4) is 0 Å². The maximum absolute atomic E-state index is 12.4. The number of urea groups is 1. The fraction of sp³-hybridized carbons (Fsp3) is 0.769. The van der Waals surface area contributed by atoms with Gasteiger partial charge in [-0.25, -0.2) is 4.79 Å². The first-order chi connectivity index (χ1) is 9.23. The second-order valence-electron chi connectivity index (χ2n) is 5.26. The topological polar surface area (TPSA) is 35.6 Å². The van der Waals surface area contributed by atoms with Crippen molar-refractivity contribution in [3.8, 4) is 0 Å². The molecule has 1 heterocycles. The molecule has 0 bridgehead atoms. The minimum absolute atomic E-state index is 0.0245. The van der Waals surface area contributed by atoms with Crippen molar-refractivity contribution >= 4 is 6.03 Å². The molecule has 0 aromatic rings. The van der Waals surface area contributed by atoms with Gasteiger partial charge < -0.3 is 10.2 Å². The molecule has 0 spiro atoms. The highest BCUT2D eigenvalue weighted by Crippen LogP contribution is 2.20. The van der Waals surface area contributed by atoms with E-state index in [0.717, 1.165) is 0 Å². The van der Waals surface area contributed by atoms with Crippen LogP contribution in [0.1, 0.15) is 20.3 Å². The van der Waals surface area contributed by atoms with E-state index in [0.29, 0.717) is 19.5 Å². The van der Waals surface area contributed by atoms with Crippen LogP contribution in [0.2, 0.25) is 0 Å². The molecule has 0 aromatic carbocycles. The molecule has 0 aromatic heterocycles. The normalized spacial score (nSPS) is 22.4. The van der Waals surface area contributed by atoms with Crippen LogP contribution < -0.4 is 5.32 Å². The van der Waals surface area contributed by atoms with Crippen LogP contribution >= 0.6 is 0 Å². The molecule has 0 aliphatic carbocycles. The van der Waals surface area contributed by atoms with E-state index in [9.17, 15) is 18.0 Å². The van der Waals surface area contributed by atoms with Crippen molar-refractivity contribution in [3.63, 3.8) is 0 Å². The molecule has 1 fully saturated rings. The molecule has 2 amide bonds. The standard InChI is InChI=1S/C13H22F3N3O/c1-4-5-10(2)17-12(20)18-6-7-19(11(3)8-18)9-13(14,15)16/h4,10-11H,1,5-9H2,2-3H3,(H,17,20)/t10-,11+/m0/s1. The number of alkyl halides is 3. The average molecular weight is 293 g/mol. The van der Waals surface area contributed by atoms with Crippen molar-refractivity contribution in [1.82, 2.24) is 15.1 Å². The van der Waals surface area contributed by atoms with Gasteiger partial charge >= 0.3 is 12.2 Å². The highest BCUT2D eigenvalue weighted by molar-refractivity contribution is 5.74. The summed E-state index contributed by atoms with van der Waals surface area (Å²) < 4.78 is 37.1. The van der Waals surface area contributed by atoms with E-state index < -0.39 is 12.7 Å². The third kappa shape index (κ3) is 5.40. The van der Waals surface area contributed by atoms with Crippen LogP contribution in [0.15, 0.2) is 12.7 Å². The zero-order valence-electron chi connectivity index (χ0n) is 11.9. The third-order valence-electron chi connectivity index (χ3n) is 3.32. The first-order valence-corrected chi connectivity index (χ1v) is 6.70. The first-order valence-electron chi connectivity index (χ1n) is 6.70. The number of halogens is 3. The highest BCUT2D eigenvalue weighted by Gasteiger charge is 2.35. The number of hydrogen-bond donors (Lipinski definition) is 1. The number of carbonyl (C=O) groups excluding carboxylic acids is 1. The second-order valence-corrected chi connectivity index (χ2v) is 5.26. The summed E-state index contributed by atoms with van der Waals surface area (Å²) in [6.45, 7) is 7.11. The molecule has 116 valence electrons. The Hall–Kier alpha value is -1.24. The van der Waals surface area contributed by atoms with Gasteiger partial charge in [-0.3, -0.25) is 4.90 Å². The SMILES string of the molecule is C=CC[C@H](C)NC(=O)N1CCN(CC(F)(F)F)[C@H](C)C1. The van der Waals surface area contributed by atoms with E-state index in [1.54, 1.807) is 17.9 Å². The molecule has 0 unspecified atom stereocenters. The molecule has 20 heavy (non-hydrogen) atoms. The molecule has 7 heteroatoms. The van der Waals surface area contributed by atoms with E-state index in [-0.39, 0.29) is 24.7 Å². The van der Waals surface area contributed by atoms with Crippen molar-refractivity contribution in [1.29, 1.82) is 0 Å². The smallest absolute Gasteiger partial charge is 0.335 e. The van der Waals surface area contributed by atoms with E-state index in [1.807, 2.05) is 6.92 Å². The number of nitrogens with one attached hydrogen (secondary N) is 1. The molecule has 1 aliphatic rings. The number of nitrogens with zero attached hydrogens (tertiary/aromatic N) is 2. The lowest BCUT2D eigenvalue weighted by Crippen LogP contribution is -2.58. The van der Waals surface area contributed by atoms with Gasteiger partial charge in [-0.1, -0.05) is 6.08 Å². The van der Waals surface area contributed by atoms with Crippen molar-refractivity contribution in [2.24, 2.45) is 0 Å². The van der Waals surface area contributed by atoms with Gasteiger partial charge in [0.15, 0.2) is 0 Å². The van der Waals surface area contributed by atoms with Crippen LogP contribution in [-0.2, 0) is 0 Å². The predicted octanol–water partition coefficient (Wildman–Crippen LogP) is 2.23. The van der Waals surface area contributed by atoms with Gasteiger partial charge in [-0.15, -0.1) is 6.58 Å². The summed E-state index contributed by atoms with van der Waals surface area (Å²) in [5.41, 5.74) is 0. The summed E-state index contributed by atoms with van der Waals surface area (Å²) in [7, 11) is 0. The van der Waals surface area contributed by atoms with Gasteiger partial charge in [0.05, 0.1) is 6.54 Å². The number of amides is 2. The molecule has 2 atom stereocenters. The molecular weight excluding hydrogens is 271 g/mol. The number of rotatable bonds is 4. The zero-order chi connectivity index (χ0) is 15.3. The molecular formula is C13H22F3N3O. The van der Waals surface area contributed by atoms with Crippen LogP contribution in [0.4, 0.5) is 18.0 Å². The quantitative estimate of drug-likeness (QED) is 0.807. The summed E-state index contributed by atoms with van der Waals surface area (Å²) in [5.74, 6) is 0. The number of piperazine rings is 1. The Bertz CT molecular complexity index is 346. The Labute approximate surface area is 117 Å². The fourth-order valence-corrected chi connectivity index (χ4v) is 2.26. The minimum Gasteiger partial charge on any atom is -0.335 e. The Morgan fingerprint density at radius 2 is 2.15 bits per heavy atom. The summed E-state index contributed by atoms with van der Waals surface area (Å²) in [4.78, 5) is 14.9. The van der Waals surface area contributed by atoms with Crippen LogP contribution in [0.25, 0.3) is 0 Å². The van der Waals surface area contributed by atoms with Crippen molar-refractivity contribution < 1.29 is 18.0 Å². The van der Waals surface area contributed by atoms with E-state index in [4.69, 9.17) is 0 Å². The van der Waals surface area contributed by atoms with E-state index in [1.165, 1.54) is 4.90 Å². The van der Waals surface area contributed by atoms with Crippen LogP contribution in [0, 0.1) is 0 Å². The number of hydrogen-bond acceptors (Lipinski definition) is 2. The fourth-order valence-electron chi connectivity index (χ4n) is 2.26. The molecule has 0 saturated carbocycles. The molecule has 1 rings (SSSR count). The Kier molecular flexibility index (Phi) is 5.86. The highest BCUT2D eigenvalue weighted by atomic mass is 19.4. The van der Waals surface area contributed by atoms with E-state index >= 15 is 0 Å². The van der Waals surface area contributed by atoms with Crippen LogP contribution in [-0.4, -0.2) is 60.3 Å². The third-order valence-corrected chi connectivity index (χ3v) is 3.32. The molecule has 1 N–H and O–H groups in total. The zero-order valence-corrected chi connectivity index (χ0v) is 11.9. The van der Waals surface area contributed by atoms with Gasteiger partial charge in [0, 0.05) is 31.7 Å². The maximum Gasteiger partial charge on any atom is 0.401 e. The van der Waals surface area contributed by atoms with Gasteiger partial charge in [-0.05, 0) is 20.3 Å². The average Bonchev–Trinajstić information content (AvgIpc) is 2.30. The van der Waals surface area contributed by atoms with E-state index in [2.05, 4.69) is 11.9 Å². The lowest BCUT2D eigenvalue weighted by molar-refractivity contribution is -0.153. The second kappa shape index (κ2) is 6.97. The molecule has 1 aliphatic heterocycles. The molecule has 0 radical (unpaired) electrons. The predicted molar refractivity (Wildman–Crippen MR) is 71.5 cm³/mol. The van der Waals surface area contributed by atoms with Gasteiger partial charge in [-0.2, -0.15) is 13.2 Å². The van der Waals surface area contributed by atoms with Gasteiger partial charge in [0.1, 0.15) is 0 Å². The Morgan fingerprint density at radius 1 is 1.50 bits per heavy atom. The minimum atomic E-state index is -4.20. The lowest BCUT2D eigenvalue weighted by Gasteiger charge is -2.40. The van der Waals surface area contributed by atoms with Crippen molar-refractivity contribution in [2.45, 2.75) is 38.5 Å². The summed E-state index contributed by atoms with van der Waals surface area (Å²) >= 11 is 0. The Morgan fingerprint density at radius 3 is 2.65 bits per heavy atom. The Balaban J connectivity index is 2.46. The molecule has 4 nitrogen and oxygen atoms in total. The van der Waals surface area contributed by atoms with Crippen molar-refractivity contribution in [2.75, 3.05) is 26.2 Å². The summed E-state index contributed by atoms with van der Waals surface area (Å²) in [5, 5.41) is 2.81. The largest absolute Gasteiger partial charge is 0.401 e. The van der Waals surface area contributed by atoms with Crippen molar-refractivity contribution in [3.05, 3.63) is 12.7 Å². The van der Waals surface area contributed by atoms with Gasteiger partial charge in [0.25, 0.3) is 0 Å². The summed E-state index contributed by atoms with van der Waals surface area (Å²) in [6.07, 6.45) is -1.82. The lowest BCUT2D eigenvalue weighted by atomic mass is 10.2.